The fourth-order valence-corrected chi connectivity index (χ4v) is 5.25. The van der Waals surface area contributed by atoms with E-state index in [0.717, 1.165) is 23.5 Å². The normalized spacial score (nSPS) is 24.6. The highest BCUT2D eigenvalue weighted by Crippen LogP contribution is 2.38. The number of amides is 1. The van der Waals surface area contributed by atoms with Crippen molar-refractivity contribution in [2.45, 2.75) is 51.4 Å². The highest BCUT2D eigenvalue weighted by molar-refractivity contribution is 7.13. The van der Waals surface area contributed by atoms with Gasteiger partial charge in [0.1, 0.15) is 10.3 Å². The van der Waals surface area contributed by atoms with Gasteiger partial charge in [0.25, 0.3) is 5.91 Å². The van der Waals surface area contributed by atoms with E-state index in [2.05, 4.69) is 4.98 Å². The molecule has 2 aliphatic rings. The molecule has 1 aromatic heterocycles. The van der Waals surface area contributed by atoms with Crippen molar-refractivity contribution in [1.82, 2.24) is 9.88 Å². The van der Waals surface area contributed by atoms with Gasteiger partial charge in [0.05, 0.1) is 17.3 Å². The Bertz CT molecular complexity index is 650. The van der Waals surface area contributed by atoms with Crippen LogP contribution in [0.25, 0.3) is 0 Å². The van der Waals surface area contributed by atoms with E-state index in [4.69, 9.17) is 4.74 Å². The molecule has 0 bridgehead atoms. The lowest BCUT2D eigenvalue weighted by molar-refractivity contribution is -0.155. The topological polar surface area (TPSA) is 79.7 Å². The van der Waals surface area contributed by atoms with Crippen molar-refractivity contribution in [1.29, 1.82) is 0 Å². The van der Waals surface area contributed by atoms with Gasteiger partial charge < -0.3 is 14.7 Å². The maximum Gasteiger partial charge on any atom is 0.313 e. The molecule has 0 aromatic carbocycles. The van der Waals surface area contributed by atoms with Crippen molar-refractivity contribution >= 4 is 23.2 Å². The van der Waals surface area contributed by atoms with E-state index < -0.39 is 11.4 Å². The number of piperidine rings is 1. The molecule has 1 unspecified atom stereocenters. The highest BCUT2D eigenvalue weighted by Gasteiger charge is 2.44. The minimum absolute atomic E-state index is 0.0827. The Kier molecular flexibility index (Phi) is 5.43. The van der Waals surface area contributed by atoms with E-state index in [0.29, 0.717) is 30.2 Å². The van der Waals surface area contributed by atoms with Gasteiger partial charge in [0, 0.05) is 26.1 Å². The van der Waals surface area contributed by atoms with Crippen LogP contribution in [0.15, 0.2) is 0 Å². The Morgan fingerprint density at radius 3 is 2.72 bits per heavy atom. The molecule has 1 atom stereocenters. The molecule has 6 nitrogen and oxygen atoms in total. The number of rotatable bonds is 5. The van der Waals surface area contributed by atoms with Gasteiger partial charge in [-0.15, -0.1) is 11.3 Å². The zero-order valence-corrected chi connectivity index (χ0v) is 15.7. The summed E-state index contributed by atoms with van der Waals surface area (Å²) in [6.45, 7) is 2.80. The molecule has 7 heteroatoms. The average Bonchev–Trinajstić information content (AvgIpc) is 3.24. The van der Waals surface area contributed by atoms with Crippen LogP contribution >= 0.6 is 11.3 Å². The number of aromatic nitrogens is 1. The maximum absolute atomic E-state index is 13.0. The lowest BCUT2D eigenvalue weighted by Gasteiger charge is -2.39. The Labute approximate surface area is 152 Å². The summed E-state index contributed by atoms with van der Waals surface area (Å²) in [6, 6.07) is 0. The quantitative estimate of drug-likeness (QED) is 0.866. The number of methoxy groups -OCH3 is 1. The Balaban J connectivity index is 1.79. The fourth-order valence-electron chi connectivity index (χ4n) is 4.04. The van der Waals surface area contributed by atoms with Crippen LogP contribution in [0.2, 0.25) is 0 Å². The zero-order chi connectivity index (χ0) is 18.0. The van der Waals surface area contributed by atoms with Crippen LogP contribution in [0, 0.1) is 12.3 Å². The number of nitrogens with zero attached hydrogens (tertiary/aromatic N) is 2. The van der Waals surface area contributed by atoms with Gasteiger partial charge in [-0.25, -0.2) is 4.98 Å². The summed E-state index contributed by atoms with van der Waals surface area (Å²) >= 11 is 1.50. The molecular weight excluding hydrogens is 340 g/mol. The highest BCUT2D eigenvalue weighted by atomic mass is 32.1. The Morgan fingerprint density at radius 2 is 2.08 bits per heavy atom. The standard InChI is InChI=1S/C18H26N2O4S/c1-12-14(25-15(19-12)13-6-3-4-7-13)16(21)20-9-5-8-18(10-20,11-24-2)17(22)23/h13H,3-11H2,1-2H3,(H,22,23). The molecule has 2 heterocycles. The van der Waals surface area contributed by atoms with Gasteiger partial charge in [0.15, 0.2) is 0 Å². The first-order valence-corrected chi connectivity index (χ1v) is 9.77. The van der Waals surface area contributed by atoms with E-state index in [9.17, 15) is 14.7 Å². The minimum Gasteiger partial charge on any atom is -0.481 e. The van der Waals surface area contributed by atoms with Gasteiger partial charge in [0.2, 0.25) is 0 Å². The number of carboxylic acid groups (broad SMARTS) is 1. The third kappa shape index (κ3) is 3.58. The number of ether oxygens (including phenoxy) is 1. The Morgan fingerprint density at radius 1 is 1.36 bits per heavy atom. The molecular formula is C18H26N2O4S. The number of carbonyl (C=O) groups excluding carboxylic acids is 1. The summed E-state index contributed by atoms with van der Waals surface area (Å²) in [5.74, 6) is -0.488. The van der Waals surface area contributed by atoms with Gasteiger partial charge >= 0.3 is 5.97 Å². The first-order chi connectivity index (χ1) is 12.0. The summed E-state index contributed by atoms with van der Waals surface area (Å²) < 4.78 is 5.15. The van der Waals surface area contributed by atoms with E-state index in [1.807, 2.05) is 6.92 Å². The first-order valence-electron chi connectivity index (χ1n) is 8.96. The average molecular weight is 366 g/mol. The van der Waals surface area contributed by atoms with Gasteiger partial charge in [-0.2, -0.15) is 0 Å². The molecule has 25 heavy (non-hydrogen) atoms. The Hall–Kier alpha value is -1.47. The number of carboxylic acids is 1. The third-order valence-electron chi connectivity index (χ3n) is 5.45. The molecule has 1 amide bonds. The van der Waals surface area contributed by atoms with E-state index in [-0.39, 0.29) is 19.1 Å². The minimum atomic E-state index is -1.00. The van der Waals surface area contributed by atoms with Gasteiger partial charge in [-0.3, -0.25) is 9.59 Å². The van der Waals surface area contributed by atoms with Crippen LogP contribution in [0.5, 0.6) is 0 Å². The van der Waals surface area contributed by atoms with Crippen LogP contribution in [0.3, 0.4) is 0 Å². The summed E-state index contributed by atoms with van der Waals surface area (Å²) in [4.78, 5) is 31.8. The van der Waals surface area contributed by atoms with Crippen LogP contribution < -0.4 is 0 Å². The van der Waals surface area contributed by atoms with Crippen molar-refractivity contribution in [3.05, 3.63) is 15.6 Å². The number of likely N-dealkylation sites (tertiary alicyclic amines) is 1. The second-order valence-corrected chi connectivity index (χ2v) is 8.33. The molecule has 0 spiro atoms. The van der Waals surface area contributed by atoms with E-state index >= 15 is 0 Å². The largest absolute Gasteiger partial charge is 0.481 e. The molecule has 1 aliphatic heterocycles. The molecule has 1 saturated carbocycles. The van der Waals surface area contributed by atoms with Crippen LogP contribution in [-0.2, 0) is 9.53 Å². The number of hydrogen-bond acceptors (Lipinski definition) is 5. The first kappa shape index (κ1) is 18.3. The molecule has 1 aliphatic carbocycles. The van der Waals surface area contributed by atoms with Gasteiger partial charge in [-0.05, 0) is 32.6 Å². The fraction of sp³-hybridized carbons (Fsp3) is 0.722. The molecule has 2 fully saturated rings. The second kappa shape index (κ2) is 7.41. The summed E-state index contributed by atoms with van der Waals surface area (Å²) in [6.07, 6.45) is 5.98. The summed E-state index contributed by atoms with van der Waals surface area (Å²) in [7, 11) is 1.51. The van der Waals surface area contributed by atoms with Crippen LogP contribution in [-0.4, -0.2) is 53.7 Å². The summed E-state index contributed by atoms with van der Waals surface area (Å²) in [5, 5.41) is 10.7. The number of carbonyl (C=O) groups is 2. The van der Waals surface area contributed by atoms with Crippen molar-refractivity contribution in [3.63, 3.8) is 0 Å². The predicted molar refractivity (Wildman–Crippen MR) is 95.1 cm³/mol. The smallest absolute Gasteiger partial charge is 0.313 e. The van der Waals surface area contributed by atoms with Crippen molar-refractivity contribution in [2.75, 3.05) is 26.8 Å². The predicted octanol–water partition coefficient (Wildman–Crippen LogP) is 3.06. The zero-order valence-electron chi connectivity index (χ0n) is 14.9. The lowest BCUT2D eigenvalue weighted by Crippen LogP contribution is -2.52. The number of thiazole rings is 1. The lowest BCUT2D eigenvalue weighted by atomic mass is 9.80. The van der Waals surface area contributed by atoms with Crippen molar-refractivity contribution < 1.29 is 19.4 Å². The van der Waals surface area contributed by atoms with Crippen molar-refractivity contribution in [3.8, 4) is 0 Å². The van der Waals surface area contributed by atoms with Crippen LogP contribution in [0.4, 0.5) is 0 Å². The molecule has 1 aromatic rings. The molecule has 1 N–H and O–H groups in total. The number of hydrogen-bond donors (Lipinski definition) is 1. The van der Waals surface area contributed by atoms with Crippen molar-refractivity contribution in [2.24, 2.45) is 5.41 Å². The third-order valence-corrected chi connectivity index (χ3v) is 6.76. The van der Waals surface area contributed by atoms with E-state index in [1.165, 1.54) is 31.3 Å². The molecule has 138 valence electrons. The van der Waals surface area contributed by atoms with E-state index in [1.54, 1.807) is 4.90 Å². The maximum atomic E-state index is 13.0. The van der Waals surface area contributed by atoms with Crippen LogP contribution in [0.1, 0.15) is 64.8 Å². The SMILES string of the molecule is COCC1(C(=O)O)CCCN(C(=O)c2sc(C3CCCC3)nc2C)C1. The molecule has 1 saturated heterocycles. The molecule has 3 rings (SSSR count). The van der Waals surface area contributed by atoms with Gasteiger partial charge in [-0.1, -0.05) is 12.8 Å². The molecule has 0 radical (unpaired) electrons. The number of aliphatic carboxylic acids is 1. The number of aryl methyl sites for hydroxylation is 1. The summed E-state index contributed by atoms with van der Waals surface area (Å²) in [5.41, 5.74) is -0.231. The second-order valence-electron chi connectivity index (χ2n) is 7.30. The monoisotopic (exact) mass is 366 g/mol.